The van der Waals surface area contributed by atoms with Crippen LogP contribution in [0.15, 0.2) is 12.4 Å². The van der Waals surface area contributed by atoms with Gasteiger partial charge in [-0.25, -0.2) is 9.78 Å². The molecule has 1 amide bonds. The summed E-state index contributed by atoms with van der Waals surface area (Å²) < 4.78 is 4.43. The molecule has 5 nitrogen and oxygen atoms in total. The number of carbonyl (C=O) groups is 1. The van der Waals surface area contributed by atoms with Gasteiger partial charge < -0.3 is 15.5 Å². The molecule has 0 aliphatic rings. The van der Waals surface area contributed by atoms with E-state index in [0.717, 1.165) is 0 Å². The molecular formula is C5H7N3O2. The molecule has 0 aliphatic heterocycles. The second-order valence-corrected chi connectivity index (χ2v) is 1.64. The van der Waals surface area contributed by atoms with Crippen molar-refractivity contribution < 1.29 is 9.53 Å². The van der Waals surface area contributed by atoms with Crippen LogP contribution in [-0.2, 0) is 11.3 Å². The minimum absolute atomic E-state index is 0.0995. The molecule has 1 heterocycles. The first-order valence-corrected chi connectivity index (χ1v) is 2.69. The third-order valence-electron chi connectivity index (χ3n) is 0.906. The molecule has 10 heavy (non-hydrogen) atoms. The van der Waals surface area contributed by atoms with Gasteiger partial charge in [-0.1, -0.05) is 0 Å². The quantitative estimate of drug-likeness (QED) is 0.608. The van der Waals surface area contributed by atoms with Gasteiger partial charge in [-0.05, 0) is 0 Å². The van der Waals surface area contributed by atoms with E-state index in [1.807, 2.05) is 0 Å². The van der Waals surface area contributed by atoms with E-state index in [4.69, 9.17) is 5.73 Å². The molecule has 1 aromatic rings. The molecule has 0 spiro atoms. The fourth-order valence-corrected chi connectivity index (χ4v) is 0.516. The summed E-state index contributed by atoms with van der Waals surface area (Å²) in [4.78, 5) is 16.6. The van der Waals surface area contributed by atoms with Crippen molar-refractivity contribution in [2.45, 2.75) is 6.61 Å². The number of aromatic nitrogens is 2. The minimum atomic E-state index is -0.795. The Morgan fingerprint density at radius 1 is 1.90 bits per heavy atom. The Morgan fingerprint density at radius 2 is 2.70 bits per heavy atom. The smallest absolute Gasteiger partial charge is 0.404 e. The fourth-order valence-electron chi connectivity index (χ4n) is 0.516. The average molecular weight is 141 g/mol. The first-order valence-electron chi connectivity index (χ1n) is 2.69. The van der Waals surface area contributed by atoms with Gasteiger partial charge in [0.25, 0.3) is 0 Å². The molecule has 1 rings (SSSR count). The normalized spacial score (nSPS) is 9.20. The maximum atomic E-state index is 10.1. The summed E-state index contributed by atoms with van der Waals surface area (Å²) in [7, 11) is 0. The number of nitrogens with two attached hydrogens (primary N) is 1. The molecule has 0 unspecified atom stereocenters. The van der Waals surface area contributed by atoms with Crippen LogP contribution < -0.4 is 5.73 Å². The highest BCUT2D eigenvalue weighted by atomic mass is 16.5. The standard InChI is InChI=1S/C5H7N3O2/c6-5(9)10-3-4-7-1-2-8-4/h1-2H,3H2,(H2,6,9)(H,7,8). The maximum Gasteiger partial charge on any atom is 0.404 e. The van der Waals surface area contributed by atoms with Gasteiger partial charge in [0.05, 0.1) is 0 Å². The maximum absolute atomic E-state index is 10.1. The van der Waals surface area contributed by atoms with E-state index in [2.05, 4.69) is 14.7 Å². The number of ether oxygens (including phenoxy) is 1. The molecule has 0 saturated carbocycles. The highest BCUT2D eigenvalue weighted by Crippen LogP contribution is 1.90. The number of carbonyl (C=O) groups excluding carboxylic acids is 1. The topological polar surface area (TPSA) is 81.0 Å². The Bertz CT molecular complexity index is 207. The Labute approximate surface area is 57.2 Å². The van der Waals surface area contributed by atoms with Gasteiger partial charge in [0.1, 0.15) is 5.82 Å². The number of hydrogen-bond donors (Lipinski definition) is 2. The van der Waals surface area contributed by atoms with Gasteiger partial charge >= 0.3 is 6.09 Å². The largest absolute Gasteiger partial charge is 0.442 e. The molecule has 3 N–H and O–H groups in total. The molecule has 0 aliphatic carbocycles. The first kappa shape index (κ1) is 6.60. The van der Waals surface area contributed by atoms with E-state index in [9.17, 15) is 4.79 Å². The molecule has 0 atom stereocenters. The van der Waals surface area contributed by atoms with Gasteiger partial charge in [0.2, 0.25) is 0 Å². The van der Waals surface area contributed by atoms with Crippen molar-refractivity contribution in [3.8, 4) is 0 Å². The summed E-state index contributed by atoms with van der Waals surface area (Å²) in [6.07, 6.45) is 2.41. The molecule has 0 fully saturated rings. The summed E-state index contributed by atoms with van der Waals surface area (Å²) in [6.45, 7) is 0.0995. The van der Waals surface area contributed by atoms with E-state index in [1.54, 1.807) is 12.4 Å². The Morgan fingerprint density at radius 3 is 3.20 bits per heavy atom. The number of hydrogen-bond acceptors (Lipinski definition) is 3. The van der Waals surface area contributed by atoms with Gasteiger partial charge in [-0.3, -0.25) is 0 Å². The van der Waals surface area contributed by atoms with E-state index < -0.39 is 6.09 Å². The lowest BCUT2D eigenvalue weighted by Gasteiger charge is -1.95. The molecule has 0 aromatic carbocycles. The van der Waals surface area contributed by atoms with Crippen molar-refractivity contribution in [2.75, 3.05) is 0 Å². The number of aromatic amines is 1. The van der Waals surface area contributed by atoms with E-state index in [1.165, 1.54) is 0 Å². The zero-order valence-corrected chi connectivity index (χ0v) is 5.20. The van der Waals surface area contributed by atoms with E-state index in [-0.39, 0.29) is 6.61 Å². The van der Waals surface area contributed by atoms with Crippen molar-refractivity contribution in [3.63, 3.8) is 0 Å². The van der Waals surface area contributed by atoms with Crippen LogP contribution in [-0.4, -0.2) is 16.1 Å². The van der Waals surface area contributed by atoms with Crippen molar-refractivity contribution >= 4 is 6.09 Å². The molecule has 0 bridgehead atoms. The zero-order chi connectivity index (χ0) is 7.40. The van der Waals surface area contributed by atoms with Gasteiger partial charge in [-0.15, -0.1) is 0 Å². The molecule has 1 aromatic heterocycles. The van der Waals surface area contributed by atoms with Gasteiger partial charge in [0, 0.05) is 12.4 Å². The van der Waals surface area contributed by atoms with Crippen LogP contribution in [0.25, 0.3) is 0 Å². The van der Waals surface area contributed by atoms with E-state index in [0.29, 0.717) is 5.82 Å². The summed E-state index contributed by atoms with van der Waals surface area (Å²) in [5.41, 5.74) is 4.71. The van der Waals surface area contributed by atoms with Crippen LogP contribution in [0.4, 0.5) is 4.79 Å². The second-order valence-electron chi connectivity index (χ2n) is 1.64. The molecular weight excluding hydrogens is 134 g/mol. The molecule has 0 radical (unpaired) electrons. The predicted octanol–water partition coefficient (Wildman–Crippen LogP) is 0.00500. The summed E-state index contributed by atoms with van der Waals surface area (Å²) in [5.74, 6) is 0.582. The van der Waals surface area contributed by atoms with Crippen molar-refractivity contribution in [3.05, 3.63) is 18.2 Å². The molecule has 54 valence electrons. The zero-order valence-electron chi connectivity index (χ0n) is 5.20. The Kier molecular flexibility index (Phi) is 1.89. The van der Waals surface area contributed by atoms with Crippen LogP contribution in [0.3, 0.4) is 0 Å². The predicted molar refractivity (Wildman–Crippen MR) is 33.0 cm³/mol. The number of imidazole rings is 1. The minimum Gasteiger partial charge on any atom is -0.442 e. The summed E-state index contributed by atoms with van der Waals surface area (Å²) in [6, 6.07) is 0. The van der Waals surface area contributed by atoms with Crippen LogP contribution in [0.2, 0.25) is 0 Å². The summed E-state index contributed by atoms with van der Waals surface area (Å²) in [5, 5.41) is 0. The second kappa shape index (κ2) is 2.86. The highest BCUT2D eigenvalue weighted by Gasteiger charge is 1.96. The van der Waals surface area contributed by atoms with E-state index >= 15 is 0 Å². The first-order chi connectivity index (χ1) is 4.79. The number of primary amides is 1. The molecule has 0 saturated heterocycles. The van der Waals surface area contributed by atoms with Crippen molar-refractivity contribution in [2.24, 2.45) is 5.73 Å². The average Bonchev–Trinajstić information content (AvgIpc) is 2.34. The number of amides is 1. The lowest BCUT2D eigenvalue weighted by Crippen LogP contribution is -2.13. The number of H-pyrrole nitrogens is 1. The lowest BCUT2D eigenvalue weighted by molar-refractivity contribution is 0.147. The van der Waals surface area contributed by atoms with Crippen LogP contribution in [0.5, 0.6) is 0 Å². The Balaban J connectivity index is 2.35. The van der Waals surface area contributed by atoms with Crippen molar-refractivity contribution in [1.29, 1.82) is 0 Å². The SMILES string of the molecule is NC(=O)OCc1ncc[nH]1. The molecule has 5 heteroatoms. The van der Waals surface area contributed by atoms with Gasteiger partial charge in [0.15, 0.2) is 6.61 Å². The summed E-state index contributed by atoms with van der Waals surface area (Å²) >= 11 is 0. The highest BCUT2D eigenvalue weighted by molar-refractivity contribution is 5.64. The van der Waals surface area contributed by atoms with Crippen LogP contribution >= 0.6 is 0 Å². The Hall–Kier alpha value is -1.52. The van der Waals surface area contributed by atoms with Gasteiger partial charge in [-0.2, -0.15) is 0 Å². The third kappa shape index (κ3) is 1.77. The van der Waals surface area contributed by atoms with Crippen molar-refractivity contribution in [1.82, 2.24) is 9.97 Å². The number of nitrogens with one attached hydrogen (secondary N) is 1. The van der Waals surface area contributed by atoms with Crippen LogP contribution in [0.1, 0.15) is 5.82 Å². The number of rotatable bonds is 2. The fraction of sp³-hybridized carbons (Fsp3) is 0.200. The van der Waals surface area contributed by atoms with Crippen LogP contribution in [0, 0.1) is 0 Å². The monoisotopic (exact) mass is 141 g/mol. The third-order valence-corrected chi connectivity index (χ3v) is 0.906. The lowest BCUT2D eigenvalue weighted by atomic mass is 10.7. The number of nitrogens with zero attached hydrogens (tertiary/aromatic N) is 1.